The maximum absolute atomic E-state index is 5.64. The van der Waals surface area contributed by atoms with Gasteiger partial charge in [-0.05, 0) is 25.5 Å². The third-order valence-corrected chi connectivity index (χ3v) is 2.55. The molecule has 4 nitrogen and oxygen atoms in total. The van der Waals surface area contributed by atoms with E-state index in [0.717, 1.165) is 30.2 Å². The number of methoxy groups -OCH3 is 1. The molecule has 0 heterocycles. The SMILES string of the molecule is CCOc1cccc(CNCC(C)C)c1OCOC. The molecule has 0 unspecified atom stereocenters. The second kappa shape index (κ2) is 8.77. The first kappa shape index (κ1) is 15.8. The molecule has 0 spiro atoms. The lowest BCUT2D eigenvalue weighted by atomic mass is 10.1. The molecule has 0 amide bonds. The first-order chi connectivity index (χ1) is 9.19. The highest BCUT2D eigenvalue weighted by Crippen LogP contribution is 2.31. The second-order valence-electron chi connectivity index (χ2n) is 4.75. The average Bonchev–Trinajstić information content (AvgIpc) is 2.38. The molecule has 0 aliphatic rings. The van der Waals surface area contributed by atoms with Gasteiger partial charge in [-0.15, -0.1) is 0 Å². The van der Waals surface area contributed by atoms with Crippen molar-refractivity contribution in [3.63, 3.8) is 0 Å². The van der Waals surface area contributed by atoms with Crippen LogP contribution in [-0.4, -0.2) is 27.1 Å². The van der Waals surface area contributed by atoms with Crippen molar-refractivity contribution in [3.05, 3.63) is 23.8 Å². The Morgan fingerprint density at radius 2 is 2.00 bits per heavy atom. The topological polar surface area (TPSA) is 39.7 Å². The van der Waals surface area contributed by atoms with Crippen molar-refractivity contribution in [1.82, 2.24) is 5.32 Å². The molecule has 4 heteroatoms. The van der Waals surface area contributed by atoms with E-state index in [1.165, 1.54) is 0 Å². The number of para-hydroxylation sites is 1. The largest absolute Gasteiger partial charge is 0.490 e. The van der Waals surface area contributed by atoms with Gasteiger partial charge < -0.3 is 19.5 Å². The highest BCUT2D eigenvalue weighted by atomic mass is 16.7. The summed E-state index contributed by atoms with van der Waals surface area (Å²) in [5, 5.41) is 3.41. The van der Waals surface area contributed by atoms with Gasteiger partial charge in [-0.1, -0.05) is 26.0 Å². The Bertz CT molecular complexity index is 366. The summed E-state index contributed by atoms with van der Waals surface area (Å²) in [6.45, 7) is 8.91. The number of hydrogen-bond donors (Lipinski definition) is 1. The van der Waals surface area contributed by atoms with Gasteiger partial charge in [-0.3, -0.25) is 0 Å². The van der Waals surface area contributed by atoms with Gasteiger partial charge in [-0.2, -0.15) is 0 Å². The maximum Gasteiger partial charge on any atom is 0.188 e. The molecule has 19 heavy (non-hydrogen) atoms. The van der Waals surface area contributed by atoms with Crippen LogP contribution in [0.15, 0.2) is 18.2 Å². The van der Waals surface area contributed by atoms with Crippen LogP contribution in [-0.2, 0) is 11.3 Å². The van der Waals surface area contributed by atoms with Gasteiger partial charge in [0.15, 0.2) is 18.3 Å². The fourth-order valence-electron chi connectivity index (χ4n) is 1.75. The lowest BCUT2D eigenvalue weighted by Crippen LogP contribution is -2.19. The van der Waals surface area contributed by atoms with Gasteiger partial charge in [0, 0.05) is 19.2 Å². The highest BCUT2D eigenvalue weighted by molar-refractivity contribution is 5.46. The minimum absolute atomic E-state index is 0.223. The molecule has 1 aromatic carbocycles. The first-order valence-electron chi connectivity index (χ1n) is 6.76. The standard InChI is InChI=1S/C15H25NO3/c1-5-18-14-8-6-7-13(10-16-9-12(2)3)15(14)19-11-17-4/h6-8,12,16H,5,9-11H2,1-4H3. The zero-order valence-electron chi connectivity index (χ0n) is 12.4. The van der Waals surface area contributed by atoms with E-state index in [1.807, 2.05) is 25.1 Å². The van der Waals surface area contributed by atoms with Crippen LogP contribution in [0.5, 0.6) is 11.5 Å². The zero-order chi connectivity index (χ0) is 14.1. The Labute approximate surface area is 116 Å². The molecule has 1 rings (SSSR count). The van der Waals surface area contributed by atoms with E-state index in [-0.39, 0.29) is 6.79 Å². The summed E-state index contributed by atoms with van der Waals surface area (Å²) in [4.78, 5) is 0. The van der Waals surface area contributed by atoms with Gasteiger partial charge >= 0.3 is 0 Å². The molecular weight excluding hydrogens is 242 g/mol. The molecule has 0 fully saturated rings. The molecule has 0 aliphatic carbocycles. The van der Waals surface area contributed by atoms with Crippen molar-refractivity contribution in [2.24, 2.45) is 5.92 Å². The van der Waals surface area contributed by atoms with Crippen LogP contribution in [0.2, 0.25) is 0 Å². The minimum atomic E-state index is 0.223. The molecule has 0 bridgehead atoms. The van der Waals surface area contributed by atoms with Crippen LogP contribution in [0.4, 0.5) is 0 Å². The van der Waals surface area contributed by atoms with E-state index in [1.54, 1.807) is 7.11 Å². The number of rotatable bonds is 9. The fourth-order valence-corrected chi connectivity index (χ4v) is 1.75. The molecule has 0 saturated carbocycles. The van der Waals surface area contributed by atoms with E-state index in [2.05, 4.69) is 19.2 Å². The Kier molecular flexibility index (Phi) is 7.30. The first-order valence-corrected chi connectivity index (χ1v) is 6.76. The van der Waals surface area contributed by atoms with Gasteiger partial charge in [0.1, 0.15) is 0 Å². The summed E-state index contributed by atoms with van der Waals surface area (Å²) in [6.07, 6.45) is 0. The van der Waals surface area contributed by atoms with Crippen LogP contribution >= 0.6 is 0 Å². The highest BCUT2D eigenvalue weighted by Gasteiger charge is 2.11. The monoisotopic (exact) mass is 267 g/mol. The van der Waals surface area contributed by atoms with E-state index in [9.17, 15) is 0 Å². The predicted octanol–water partition coefficient (Wildman–Crippen LogP) is 2.81. The Hall–Kier alpha value is -1.26. The van der Waals surface area contributed by atoms with Crippen molar-refractivity contribution < 1.29 is 14.2 Å². The van der Waals surface area contributed by atoms with Gasteiger partial charge in [0.25, 0.3) is 0 Å². The smallest absolute Gasteiger partial charge is 0.188 e. The molecule has 0 aliphatic heterocycles. The van der Waals surface area contributed by atoms with Crippen molar-refractivity contribution in [1.29, 1.82) is 0 Å². The lowest BCUT2D eigenvalue weighted by molar-refractivity contribution is 0.0479. The summed E-state index contributed by atoms with van der Waals surface area (Å²) in [7, 11) is 1.61. The fraction of sp³-hybridized carbons (Fsp3) is 0.600. The molecule has 1 N–H and O–H groups in total. The van der Waals surface area contributed by atoms with Gasteiger partial charge in [0.05, 0.1) is 6.61 Å². The Morgan fingerprint density at radius 1 is 1.21 bits per heavy atom. The minimum Gasteiger partial charge on any atom is -0.490 e. The summed E-state index contributed by atoms with van der Waals surface area (Å²) in [5.74, 6) is 2.16. The third-order valence-electron chi connectivity index (χ3n) is 2.55. The molecule has 0 radical (unpaired) electrons. The third kappa shape index (κ3) is 5.49. The zero-order valence-corrected chi connectivity index (χ0v) is 12.4. The van der Waals surface area contributed by atoms with Gasteiger partial charge in [0.2, 0.25) is 0 Å². The van der Waals surface area contributed by atoms with Crippen LogP contribution in [0.25, 0.3) is 0 Å². The molecule has 0 atom stereocenters. The second-order valence-corrected chi connectivity index (χ2v) is 4.75. The quantitative estimate of drug-likeness (QED) is 0.698. The predicted molar refractivity (Wildman–Crippen MR) is 76.7 cm³/mol. The van der Waals surface area contributed by atoms with E-state index < -0.39 is 0 Å². The van der Waals surface area contributed by atoms with E-state index in [0.29, 0.717) is 12.5 Å². The van der Waals surface area contributed by atoms with E-state index >= 15 is 0 Å². The van der Waals surface area contributed by atoms with Crippen molar-refractivity contribution in [2.75, 3.05) is 27.1 Å². The molecule has 0 aromatic heterocycles. The Morgan fingerprint density at radius 3 is 2.63 bits per heavy atom. The molecule has 0 saturated heterocycles. The number of ether oxygens (including phenoxy) is 3. The number of hydrogen-bond acceptors (Lipinski definition) is 4. The Balaban J connectivity index is 2.78. The van der Waals surface area contributed by atoms with Crippen LogP contribution < -0.4 is 14.8 Å². The van der Waals surface area contributed by atoms with Gasteiger partial charge in [-0.25, -0.2) is 0 Å². The summed E-state index contributed by atoms with van der Waals surface area (Å²) in [5.41, 5.74) is 1.09. The van der Waals surface area contributed by atoms with Crippen LogP contribution in [0.3, 0.4) is 0 Å². The van der Waals surface area contributed by atoms with Crippen molar-refractivity contribution >= 4 is 0 Å². The lowest BCUT2D eigenvalue weighted by Gasteiger charge is -2.16. The normalized spacial score (nSPS) is 10.8. The van der Waals surface area contributed by atoms with Crippen LogP contribution in [0, 0.1) is 5.92 Å². The average molecular weight is 267 g/mol. The molecular formula is C15H25NO3. The number of nitrogens with one attached hydrogen (secondary N) is 1. The summed E-state index contributed by atoms with van der Waals surface area (Å²) < 4.78 is 16.2. The van der Waals surface area contributed by atoms with Crippen molar-refractivity contribution in [3.8, 4) is 11.5 Å². The van der Waals surface area contributed by atoms with E-state index in [4.69, 9.17) is 14.2 Å². The van der Waals surface area contributed by atoms with Crippen molar-refractivity contribution in [2.45, 2.75) is 27.3 Å². The molecule has 108 valence electrons. The summed E-state index contributed by atoms with van der Waals surface area (Å²) in [6, 6.07) is 5.94. The summed E-state index contributed by atoms with van der Waals surface area (Å²) >= 11 is 0. The molecule has 1 aromatic rings. The van der Waals surface area contributed by atoms with Crippen LogP contribution in [0.1, 0.15) is 26.3 Å². The number of benzene rings is 1. The maximum atomic E-state index is 5.64.